The normalized spacial score (nSPS) is 12.9. The molecule has 2 aromatic carbocycles. The molecule has 0 aromatic heterocycles. The van der Waals surface area contributed by atoms with Gasteiger partial charge in [0, 0.05) is 48.4 Å². The second-order valence-corrected chi connectivity index (χ2v) is 17.8. The number of hydrogen-bond acceptors (Lipinski definition) is 4. The minimum Gasteiger partial charge on any atom is -0.384 e. The van der Waals surface area contributed by atoms with E-state index in [2.05, 4.69) is 52.7 Å². The molecule has 0 heterocycles. The van der Waals surface area contributed by atoms with Crippen molar-refractivity contribution in [2.24, 2.45) is 0 Å². The second kappa shape index (κ2) is 25.5. The summed E-state index contributed by atoms with van der Waals surface area (Å²) in [7, 11) is 9.36. The largest absolute Gasteiger partial charge is 0.384 e. The Morgan fingerprint density at radius 3 is 1.04 bits per heavy atom. The first kappa shape index (κ1) is 45.7. The first-order valence-corrected chi connectivity index (χ1v) is 22.6. The summed E-state index contributed by atoms with van der Waals surface area (Å²) in [4.78, 5) is 27.9. The smallest absolute Gasteiger partial charge is 0.196 e. The second-order valence-electron chi connectivity index (χ2n) is 17.8. The highest BCUT2D eigenvalue weighted by atomic mass is 16.1. The highest BCUT2D eigenvalue weighted by molar-refractivity contribution is 6.31. The van der Waals surface area contributed by atoms with Crippen molar-refractivity contribution in [1.29, 1.82) is 0 Å². The standard InChI is InChI=1S/C48H80N4O2/c1-7-9-11-13-15-17-19-21-23-27-37-51(3,4)39-29-35-49-43-33-34-44(46-45(43)47(53)41-31-25-26-32-42(41)48(46)54)50-36-30-40-52(5,6)38-28-24-22-20-18-16-14-12-10-8-2/h25-26,31-34H,7-24,27-30,35-40H2,1-6H3/p+2. The van der Waals surface area contributed by atoms with Crippen molar-refractivity contribution in [3.63, 3.8) is 0 Å². The zero-order valence-corrected chi connectivity index (χ0v) is 36.0. The molecule has 0 radical (unpaired) electrons. The number of carbonyl (C=O) groups excluding carboxylic acids is 2. The van der Waals surface area contributed by atoms with E-state index < -0.39 is 0 Å². The van der Waals surface area contributed by atoms with Crippen LogP contribution in [0, 0.1) is 0 Å². The molecule has 304 valence electrons. The average molecular weight is 747 g/mol. The molecule has 0 fully saturated rings. The molecule has 3 rings (SSSR count). The summed E-state index contributed by atoms with van der Waals surface area (Å²) in [6, 6.07) is 11.3. The number of fused-ring (bicyclic) bond motifs is 2. The summed E-state index contributed by atoms with van der Waals surface area (Å²) in [5, 5.41) is 7.16. The SMILES string of the molecule is CCCCCCCCCCCC[N+](C)(C)CCCNc1ccc(NCCC[N+](C)(C)CCCCCCCCCCCC)c2c1C(=O)c1ccccc1C2=O. The third-order valence-electron chi connectivity index (χ3n) is 11.8. The first-order valence-electron chi connectivity index (χ1n) is 22.6. The highest BCUT2D eigenvalue weighted by Crippen LogP contribution is 2.36. The summed E-state index contributed by atoms with van der Waals surface area (Å²) < 4.78 is 2.03. The van der Waals surface area contributed by atoms with Crippen molar-refractivity contribution in [3.8, 4) is 0 Å². The van der Waals surface area contributed by atoms with Gasteiger partial charge in [-0.2, -0.15) is 0 Å². The molecule has 6 heteroatoms. The van der Waals surface area contributed by atoms with Crippen molar-refractivity contribution in [1.82, 2.24) is 0 Å². The minimum atomic E-state index is -0.0577. The van der Waals surface area contributed by atoms with Crippen LogP contribution in [0.4, 0.5) is 11.4 Å². The molecule has 0 saturated heterocycles. The summed E-state index contributed by atoms with van der Waals surface area (Å²) in [5.41, 5.74) is 3.63. The lowest BCUT2D eigenvalue weighted by Crippen LogP contribution is -2.41. The maximum atomic E-state index is 14.0. The number of nitrogens with one attached hydrogen (secondary N) is 2. The molecule has 2 N–H and O–H groups in total. The fourth-order valence-corrected chi connectivity index (χ4v) is 8.26. The van der Waals surface area contributed by atoms with Gasteiger partial charge in [-0.3, -0.25) is 9.59 Å². The number of benzene rings is 2. The van der Waals surface area contributed by atoms with Crippen LogP contribution in [0.15, 0.2) is 36.4 Å². The molecule has 0 unspecified atom stereocenters. The number of ketones is 2. The number of nitrogens with zero attached hydrogens (tertiary/aromatic N) is 2. The summed E-state index contributed by atoms with van der Waals surface area (Å²) in [6.07, 6.45) is 29.4. The maximum Gasteiger partial charge on any atom is 0.196 e. The summed E-state index contributed by atoms with van der Waals surface area (Å²) in [5.74, 6) is -0.115. The van der Waals surface area contributed by atoms with E-state index in [4.69, 9.17) is 0 Å². The van der Waals surface area contributed by atoms with E-state index in [9.17, 15) is 9.59 Å². The fourth-order valence-electron chi connectivity index (χ4n) is 8.26. The van der Waals surface area contributed by atoms with Crippen LogP contribution in [0.3, 0.4) is 0 Å². The molecule has 0 amide bonds. The molecule has 0 bridgehead atoms. The highest BCUT2D eigenvalue weighted by Gasteiger charge is 2.34. The Morgan fingerprint density at radius 2 is 0.704 bits per heavy atom. The Morgan fingerprint density at radius 1 is 0.407 bits per heavy atom. The summed E-state index contributed by atoms with van der Waals surface area (Å²) >= 11 is 0. The van der Waals surface area contributed by atoms with E-state index in [1.807, 2.05) is 24.3 Å². The molecule has 0 spiro atoms. The minimum absolute atomic E-state index is 0.0577. The summed E-state index contributed by atoms with van der Waals surface area (Å²) in [6.45, 7) is 10.7. The molecular weight excluding hydrogens is 665 g/mol. The van der Waals surface area contributed by atoms with Crippen LogP contribution >= 0.6 is 0 Å². The Kier molecular flexibility index (Phi) is 21.5. The molecule has 6 nitrogen and oxygen atoms in total. The van der Waals surface area contributed by atoms with Crippen molar-refractivity contribution in [2.75, 3.05) is 78.1 Å². The fraction of sp³-hybridized carbons (Fsp3) is 0.708. The van der Waals surface area contributed by atoms with Gasteiger partial charge in [-0.05, 0) is 37.8 Å². The quantitative estimate of drug-likeness (QED) is 0.0493. The Balaban J connectivity index is 1.46. The predicted octanol–water partition coefficient (Wildman–Crippen LogP) is 12.1. The van der Waals surface area contributed by atoms with E-state index in [1.54, 1.807) is 12.1 Å². The molecule has 1 aliphatic carbocycles. The third-order valence-corrected chi connectivity index (χ3v) is 11.8. The Labute approximate surface area is 332 Å². The predicted molar refractivity (Wildman–Crippen MR) is 233 cm³/mol. The van der Waals surface area contributed by atoms with Crippen LogP contribution in [-0.4, -0.2) is 88.0 Å². The van der Waals surface area contributed by atoms with E-state index in [0.717, 1.165) is 59.4 Å². The lowest BCUT2D eigenvalue weighted by Gasteiger charge is -2.30. The van der Waals surface area contributed by atoms with Gasteiger partial charge in [0.1, 0.15) is 0 Å². The van der Waals surface area contributed by atoms with Crippen LogP contribution in [0.25, 0.3) is 0 Å². The number of quaternary nitrogens is 2. The van der Waals surface area contributed by atoms with Gasteiger partial charge in [-0.25, -0.2) is 0 Å². The maximum absolute atomic E-state index is 14.0. The zero-order valence-electron chi connectivity index (χ0n) is 36.0. The van der Waals surface area contributed by atoms with Crippen molar-refractivity contribution >= 4 is 22.9 Å². The third kappa shape index (κ3) is 16.6. The number of carbonyl (C=O) groups is 2. The van der Waals surface area contributed by atoms with E-state index >= 15 is 0 Å². The van der Waals surface area contributed by atoms with E-state index in [-0.39, 0.29) is 11.6 Å². The van der Waals surface area contributed by atoms with Gasteiger partial charge in [-0.15, -0.1) is 0 Å². The van der Waals surface area contributed by atoms with Gasteiger partial charge < -0.3 is 19.6 Å². The van der Waals surface area contributed by atoms with Crippen LogP contribution < -0.4 is 10.6 Å². The molecule has 54 heavy (non-hydrogen) atoms. The average Bonchev–Trinajstić information content (AvgIpc) is 3.15. The van der Waals surface area contributed by atoms with Gasteiger partial charge >= 0.3 is 0 Å². The first-order chi connectivity index (χ1) is 26.1. The van der Waals surface area contributed by atoms with Crippen molar-refractivity contribution < 1.29 is 18.6 Å². The van der Waals surface area contributed by atoms with Crippen molar-refractivity contribution in [2.45, 2.75) is 155 Å². The van der Waals surface area contributed by atoms with Crippen LogP contribution in [0.5, 0.6) is 0 Å². The Hall–Kier alpha value is -2.70. The zero-order chi connectivity index (χ0) is 39.1. The number of rotatable bonds is 32. The Bertz CT molecular complexity index is 1260. The molecule has 0 atom stereocenters. The van der Waals surface area contributed by atoms with Crippen LogP contribution in [0.2, 0.25) is 0 Å². The number of unbranched alkanes of at least 4 members (excludes halogenated alkanes) is 18. The molecule has 1 aliphatic rings. The van der Waals surface area contributed by atoms with Gasteiger partial charge in [0.15, 0.2) is 11.6 Å². The molecule has 2 aromatic rings. The molecular formula is C48H82N4O2+2. The molecule has 0 saturated carbocycles. The molecule has 0 aliphatic heterocycles. The topological polar surface area (TPSA) is 58.2 Å². The lowest BCUT2D eigenvalue weighted by atomic mass is 9.82. The van der Waals surface area contributed by atoms with E-state index in [0.29, 0.717) is 22.3 Å². The van der Waals surface area contributed by atoms with Gasteiger partial charge in [0.05, 0.1) is 65.5 Å². The number of anilines is 2. The number of hydrogen-bond donors (Lipinski definition) is 2. The van der Waals surface area contributed by atoms with Gasteiger partial charge in [0.2, 0.25) is 0 Å². The van der Waals surface area contributed by atoms with Crippen LogP contribution in [-0.2, 0) is 0 Å². The van der Waals surface area contributed by atoms with Crippen LogP contribution in [0.1, 0.15) is 187 Å². The monoisotopic (exact) mass is 747 g/mol. The lowest BCUT2D eigenvalue weighted by molar-refractivity contribution is -0.890. The van der Waals surface area contributed by atoms with Crippen molar-refractivity contribution in [3.05, 3.63) is 58.7 Å². The van der Waals surface area contributed by atoms with E-state index in [1.165, 1.54) is 142 Å². The van der Waals surface area contributed by atoms with Gasteiger partial charge in [0.25, 0.3) is 0 Å². The van der Waals surface area contributed by atoms with Gasteiger partial charge in [-0.1, -0.05) is 141 Å².